The van der Waals surface area contributed by atoms with Crippen LogP contribution in [0.4, 0.5) is 5.69 Å². The van der Waals surface area contributed by atoms with Gasteiger partial charge in [-0.25, -0.2) is 0 Å². The molecule has 18 heavy (non-hydrogen) atoms. The largest absolute Gasteiger partial charge is 0.396 e. The minimum absolute atomic E-state index is 0.121. The van der Waals surface area contributed by atoms with Crippen LogP contribution in [0.25, 0.3) is 0 Å². The number of nitrogens with two attached hydrogens (primary N) is 1. The molecule has 1 aliphatic heterocycles. The molecular formula is C12H20N4O2. The molecule has 6 heteroatoms. The van der Waals surface area contributed by atoms with Crippen LogP contribution in [-0.2, 0) is 11.8 Å². The van der Waals surface area contributed by atoms with E-state index in [1.807, 2.05) is 6.92 Å². The number of aromatic nitrogens is 2. The van der Waals surface area contributed by atoms with Gasteiger partial charge in [-0.3, -0.25) is 9.48 Å². The first kappa shape index (κ1) is 12.9. The summed E-state index contributed by atoms with van der Waals surface area (Å²) < 4.78 is 6.82. The molecule has 1 saturated heterocycles. The molecule has 0 spiro atoms. The van der Waals surface area contributed by atoms with Crippen LogP contribution in [0.5, 0.6) is 0 Å². The molecule has 0 aromatic carbocycles. The van der Waals surface area contributed by atoms with E-state index in [9.17, 15) is 4.79 Å². The summed E-state index contributed by atoms with van der Waals surface area (Å²) in [6.45, 7) is 3.58. The standard InChI is InChI=1S/C12H20N4O2/c1-8(9-3-5-18-6-4-9)15-12(17)11-10(13)7-14-16(11)2/h7-9H,3-6,13H2,1-2H3,(H,15,17). The Kier molecular flexibility index (Phi) is 3.86. The summed E-state index contributed by atoms with van der Waals surface area (Å²) in [5, 5.41) is 6.97. The molecule has 1 atom stereocenters. The Bertz CT molecular complexity index is 404. The fourth-order valence-corrected chi connectivity index (χ4v) is 2.34. The number of nitrogen functional groups attached to an aromatic ring is 1. The second kappa shape index (κ2) is 5.39. The van der Waals surface area contributed by atoms with Gasteiger partial charge in [0.2, 0.25) is 0 Å². The summed E-state index contributed by atoms with van der Waals surface area (Å²) in [5.74, 6) is 0.309. The molecule has 0 bridgehead atoms. The van der Waals surface area contributed by atoms with E-state index in [4.69, 9.17) is 10.5 Å². The molecule has 1 amide bonds. The zero-order chi connectivity index (χ0) is 13.1. The molecule has 1 aromatic rings. The van der Waals surface area contributed by atoms with Crippen LogP contribution in [0.3, 0.4) is 0 Å². The summed E-state index contributed by atoms with van der Waals surface area (Å²) in [5.41, 5.74) is 6.57. The predicted molar refractivity (Wildman–Crippen MR) is 68.1 cm³/mol. The number of carbonyl (C=O) groups excluding carboxylic acids is 1. The Morgan fingerprint density at radius 2 is 2.28 bits per heavy atom. The average molecular weight is 252 g/mol. The highest BCUT2D eigenvalue weighted by molar-refractivity contribution is 5.97. The van der Waals surface area contributed by atoms with Gasteiger partial charge in [0.1, 0.15) is 5.69 Å². The second-order valence-electron chi connectivity index (χ2n) is 4.78. The normalized spacial score (nSPS) is 18.6. The van der Waals surface area contributed by atoms with Gasteiger partial charge in [-0.05, 0) is 25.7 Å². The van der Waals surface area contributed by atoms with Crippen LogP contribution < -0.4 is 11.1 Å². The smallest absolute Gasteiger partial charge is 0.271 e. The fraction of sp³-hybridized carbons (Fsp3) is 0.667. The molecule has 0 radical (unpaired) electrons. The summed E-state index contributed by atoms with van der Waals surface area (Å²) in [4.78, 5) is 12.1. The number of aryl methyl sites for hydroxylation is 1. The lowest BCUT2D eigenvalue weighted by Crippen LogP contribution is -2.41. The number of hydrogen-bond acceptors (Lipinski definition) is 4. The van der Waals surface area contributed by atoms with Crippen molar-refractivity contribution in [3.8, 4) is 0 Å². The van der Waals surface area contributed by atoms with Gasteiger partial charge in [0.25, 0.3) is 5.91 Å². The van der Waals surface area contributed by atoms with Gasteiger partial charge in [0.15, 0.2) is 0 Å². The molecule has 1 aliphatic rings. The Hall–Kier alpha value is -1.56. The van der Waals surface area contributed by atoms with Crippen molar-refractivity contribution in [1.29, 1.82) is 0 Å². The van der Waals surface area contributed by atoms with E-state index < -0.39 is 0 Å². The van der Waals surface area contributed by atoms with Crippen LogP contribution in [0.2, 0.25) is 0 Å². The van der Waals surface area contributed by atoms with Gasteiger partial charge >= 0.3 is 0 Å². The number of hydrogen-bond donors (Lipinski definition) is 2. The van der Waals surface area contributed by atoms with E-state index in [1.165, 1.54) is 10.9 Å². The minimum Gasteiger partial charge on any atom is -0.396 e. The van der Waals surface area contributed by atoms with Crippen LogP contribution in [0, 0.1) is 5.92 Å². The first-order chi connectivity index (χ1) is 8.59. The van der Waals surface area contributed by atoms with E-state index >= 15 is 0 Å². The molecular weight excluding hydrogens is 232 g/mol. The maximum atomic E-state index is 12.1. The first-order valence-electron chi connectivity index (χ1n) is 6.25. The van der Waals surface area contributed by atoms with E-state index in [0.29, 0.717) is 17.3 Å². The van der Waals surface area contributed by atoms with Crippen LogP contribution >= 0.6 is 0 Å². The second-order valence-corrected chi connectivity index (χ2v) is 4.78. The van der Waals surface area contributed by atoms with E-state index in [2.05, 4.69) is 10.4 Å². The summed E-state index contributed by atoms with van der Waals surface area (Å²) in [7, 11) is 1.71. The molecule has 1 aromatic heterocycles. The molecule has 0 saturated carbocycles. The zero-order valence-electron chi connectivity index (χ0n) is 10.8. The molecule has 0 aliphatic carbocycles. The number of amides is 1. The van der Waals surface area contributed by atoms with E-state index in [-0.39, 0.29) is 11.9 Å². The molecule has 3 N–H and O–H groups in total. The van der Waals surface area contributed by atoms with E-state index in [0.717, 1.165) is 26.1 Å². The SMILES string of the molecule is CC(NC(=O)c1c(N)cnn1C)C1CCOCC1. The van der Waals surface area contributed by atoms with Crippen LogP contribution in [0.15, 0.2) is 6.20 Å². The average Bonchev–Trinajstić information content (AvgIpc) is 2.70. The molecule has 6 nitrogen and oxygen atoms in total. The first-order valence-corrected chi connectivity index (χ1v) is 6.25. The van der Waals surface area contributed by atoms with Gasteiger partial charge in [0.05, 0.1) is 11.9 Å². The van der Waals surface area contributed by atoms with Gasteiger partial charge in [-0.15, -0.1) is 0 Å². The van der Waals surface area contributed by atoms with E-state index in [1.54, 1.807) is 7.05 Å². The van der Waals surface area contributed by atoms with Gasteiger partial charge in [0, 0.05) is 26.3 Å². The third-order valence-corrected chi connectivity index (χ3v) is 3.51. The summed E-state index contributed by atoms with van der Waals surface area (Å²) in [6, 6.07) is 0.121. The third-order valence-electron chi connectivity index (χ3n) is 3.51. The van der Waals surface area contributed by atoms with Gasteiger partial charge < -0.3 is 15.8 Å². The minimum atomic E-state index is -0.161. The van der Waals surface area contributed by atoms with Crippen molar-refractivity contribution in [3.63, 3.8) is 0 Å². The zero-order valence-corrected chi connectivity index (χ0v) is 10.8. The van der Waals surface area contributed by atoms with Gasteiger partial charge in [-0.2, -0.15) is 5.10 Å². The van der Waals surface area contributed by atoms with Crippen molar-refractivity contribution < 1.29 is 9.53 Å². The maximum Gasteiger partial charge on any atom is 0.271 e. The molecule has 1 unspecified atom stereocenters. The Morgan fingerprint density at radius 3 is 2.83 bits per heavy atom. The number of carbonyl (C=O) groups is 1. The monoisotopic (exact) mass is 252 g/mol. The lowest BCUT2D eigenvalue weighted by Gasteiger charge is -2.28. The molecule has 1 fully saturated rings. The third kappa shape index (κ3) is 2.64. The Balaban J connectivity index is 1.98. The number of ether oxygens (including phenoxy) is 1. The van der Waals surface area contributed by atoms with Crippen molar-refractivity contribution in [3.05, 3.63) is 11.9 Å². The van der Waals surface area contributed by atoms with Crippen molar-refractivity contribution in [2.75, 3.05) is 18.9 Å². The lowest BCUT2D eigenvalue weighted by molar-refractivity contribution is 0.0537. The van der Waals surface area contributed by atoms with Crippen molar-refractivity contribution >= 4 is 11.6 Å². The maximum absolute atomic E-state index is 12.1. The molecule has 2 heterocycles. The van der Waals surface area contributed by atoms with Crippen molar-refractivity contribution in [1.82, 2.24) is 15.1 Å². The molecule has 100 valence electrons. The quantitative estimate of drug-likeness (QED) is 0.823. The topological polar surface area (TPSA) is 82.2 Å². The number of nitrogens with one attached hydrogen (secondary N) is 1. The highest BCUT2D eigenvalue weighted by Gasteiger charge is 2.24. The summed E-state index contributed by atoms with van der Waals surface area (Å²) in [6.07, 6.45) is 3.47. The van der Waals surface area contributed by atoms with Crippen molar-refractivity contribution in [2.45, 2.75) is 25.8 Å². The predicted octanol–water partition coefficient (Wildman–Crippen LogP) is 0.547. The number of nitrogens with zero attached hydrogens (tertiary/aromatic N) is 2. The van der Waals surface area contributed by atoms with Gasteiger partial charge in [-0.1, -0.05) is 0 Å². The van der Waals surface area contributed by atoms with Crippen LogP contribution in [0.1, 0.15) is 30.3 Å². The lowest BCUT2D eigenvalue weighted by atomic mass is 9.93. The Labute approximate surface area is 106 Å². The number of anilines is 1. The summed E-state index contributed by atoms with van der Waals surface area (Å²) >= 11 is 0. The number of rotatable bonds is 3. The Morgan fingerprint density at radius 1 is 1.61 bits per heavy atom. The highest BCUT2D eigenvalue weighted by Crippen LogP contribution is 2.19. The molecule has 2 rings (SSSR count). The highest BCUT2D eigenvalue weighted by atomic mass is 16.5. The fourth-order valence-electron chi connectivity index (χ4n) is 2.34. The van der Waals surface area contributed by atoms with Crippen molar-refractivity contribution in [2.24, 2.45) is 13.0 Å². The van der Waals surface area contributed by atoms with Crippen LogP contribution in [-0.4, -0.2) is 34.9 Å².